The van der Waals surface area contributed by atoms with E-state index in [-0.39, 0.29) is 11.7 Å². The van der Waals surface area contributed by atoms with Crippen molar-refractivity contribution in [3.05, 3.63) is 47.0 Å². The number of nitrogens with zero attached hydrogens (tertiary/aromatic N) is 2. The Balaban J connectivity index is 1.16. The van der Waals surface area contributed by atoms with Gasteiger partial charge in [0, 0.05) is 12.5 Å². The summed E-state index contributed by atoms with van der Waals surface area (Å²) in [5, 5.41) is 0.606. The number of hydrogen-bond donors (Lipinski definition) is 0. The van der Waals surface area contributed by atoms with Crippen molar-refractivity contribution in [2.24, 2.45) is 5.92 Å². The summed E-state index contributed by atoms with van der Waals surface area (Å²) < 4.78 is 17.7. The summed E-state index contributed by atoms with van der Waals surface area (Å²) in [4.78, 5) is 20.1. The summed E-state index contributed by atoms with van der Waals surface area (Å²) in [6.45, 7) is 4.09. The van der Waals surface area contributed by atoms with E-state index in [0.29, 0.717) is 18.2 Å². The minimum atomic E-state index is 0.0529. The third kappa shape index (κ3) is 4.25. The number of piperidine rings is 1. The highest BCUT2D eigenvalue weighted by Crippen LogP contribution is 2.33. The van der Waals surface area contributed by atoms with Crippen molar-refractivity contribution in [1.29, 1.82) is 0 Å². The van der Waals surface area contributed by atoms with Crippen LogP contribution in [-0.4, -0.2) is 55.6 Å². The van der Waals surface area contributed by atoms with Crippen LogP contribution >= 0.6 is 11.3 Å². The molecule has 3 heterocycles. The average Bonchev–Trinajstić information content (AvgIpc) is 3.27. The van der Waals surface area contributed by atoms with Crippen LogP contribution in [0.5, 0.6) is 17.2 Å². The van der Waals surface area contributed by atoms with Crippen molar-refractivity contribution in [3.8, 4) is 17.2 Å². The van der Waals surface area contributed by atoms with Gasteiger partial charge in [-0.3, -0.25) is 4.79 Å². The van der Waals surface area contributed by atoms with E-state index in [0.717, 1.165) is 66.4 Å². The molecule has 0 saturated carbocycles. The predicted molar refractivity (Wildman–Crippen MR) is 121 cm³/mol. The average molecular weight is 439 g/mol. The molecule has 0 atom stereocenters. The van der Waals surface area contributed by atoms with E-state index in [9.17, 15) is 4.79 Å². The molecule has 3 aromatic rings. The molecule has 162 valence electrons. The highest BCUT2D eigenvalue weighted by molar-refractivity contribution is 7.20. The highest BCUT2D eigenvalue weighted by Gasteiger charge is 2.28. The van der Waals surface area contributed by atoms with Crippen LogP contribution in [0.1, 0.15) is 28.2 Å². The number of hydrogen-bond acceptors (Lipinski definition) is 7. The first-order valence-electron chi connectivity index (χ1n) is 10.8. The number of para-hydroxylation sites is 1. The molecule has 1 aromatic heterocycles. The van der Waals surface area contributed by atoms with E-state index in [1.165, 1.54) is 16.9 Å². The zero-order valence-electron chi connectivity index (χ0n) is 17.6. The molecule has 0 aliphatic carbocycles. The number of aromatic nitrogens is 1. The Morgan fingerprint density at radius 3 is 2.77 bits per heavy atom. The van der Waals surface area contributed by atoms with Crippen LogP contribution in [0.15, 0.2) is 36.4 Å². The molecular weight excluding hydrogens is 412 g/mol. The lowest BCUT2D eigenvalue weighted by atomic mass is 9.92. The van der Waals surface area contributed by atoms with Crippen LogP contribution in [0.25, 0.3) is 10.2 Å². The minimum Gasteiger partial charge on any atom is -0.494 e. The monoisotopic (exact) mass is 438 g/mol. The molecule has 0 radical (unpaired) electrons. The fraction of sp³-hybridized carbons (Fsp3) is 0.417. The number of Topliss-reactive ketones (excluding diaryl/α,β-unsaturated/α-hetero) is 1. The molecule has 0 amide bonds. The van der Waals surface area contributed by atoms with E-state index in [1.807, 2.05) is 24.3 Å². The topological polar surface area (TPSA) is 60.9 Å². The normalized spacial score (nSPS) is 17.1. The van der Waals surface area contributed by atoms with Crippen LogP contribution < -0.4 is 14.2 Å². The second-order valence-electron chi connectivity index (χ2n) is 8.03. The number of methoxy groups -OCH3 is 1. The van der Waals surface area contributed by atoms with Crippen LogP contribution in [0.3, 0.4) is 0 Å². The smallest absolute Gasteiger partial charge is 0.194 e. The number of ketones is 1. The fourth-order valence-electron chi connectivity index (χ4n) is 4.32. The molecule has 7 heteroatoms. The van der Waals surface area contributed by atoms with Gasteiger partial charge in [0.25, 0.3) is 0 Å². The molecule has 1 saturated heterocycles. The molecule has 0 spiro atoms. The number of ether oxygens (including phenoxy) is 3. The van der Waals surface area contributed by atoms with E-state index in [1.54, 1.807) is 7.11 Å². The fourth-order valence-corrected chi connectivity index (χ4v) is 5.32. The maximum atomic E-state index is 13.1. The molecule has 0 unspecified atom stereocenters. The third-order valence-electron chi connectivity index (χ3n) is 6.09. The molecule has 0 N–H and O–H groups in total. The van der Waals surface area contributed by atoms with Gasteiger partial charge in [-0.15, -0.1) is 11.3 Å². The Morgan fingerprint density at radius 1 is 1.16 bits per heavy atom. The standard InChI is InChI=1S/C24H26N2O4S/c1-28-19-3-2-4-21-22(19)25-24(31-21)23(27)17-8-11-26(12-9-17)10-7-16-5-6-18-20(15-16)30-14-13-29-18/h2-6,15,17H,7-14H2,1H3. The van der Waals surface area contributed by atoms with Crippen molar-refractivity contribution in [3.63, 3.8) is 0 Å². The molecular formula is C24H26N2O4S. The van der Waals surface area contributed by atoms with Crippen molar-refractivity contribution >= 4 is 27.3 Å². The number of carbonyl (C=O) groups is 1. The first-order chi connectivity index (χ1) is 15.2. The summed E-state index contributed by atoms with van der Waals surface area (Å²) in [6.07, 6.45) is 2.73. The third-order valence-corrected chi connectivity index (χ3v) is 7.13. The van der Waals surface area contributed by atoms with Gasteiger partial charge in [0.15, 0.2) is 22.3 Å². The SMILES string of the molecule is COc1cccc2sc(C(=O)C3CCN(CCc4ccc5c(c4)OCCO5)CC3)nc12. The summed E-state index contributed by atoms with van der Waals surface area (Å²) in [7, 11) is 1.64. The predicted octanol–water partition coefficient (Wildman–Crippen LogP) is 4.21. The molecule has 5 rings (SSSR count). The van der Waals surface area contributed by atoms with Gasteiger partial charge < -0.3 is 19.1 Å². The van der Waals surface area contributed by atoms with Crippen LogP contribution in [0.4, 0.5) is 0 Å². The Bertz CT molecular complexity index is 1090. The minimum absolute atomic E-state index is 0.0529. The summed E-state index contributed by atoms with van der Waals surface area (Å²) in [5.74, 6) is 2.64. The zero-order chi connectivity index (χ0) is 21.2. The van der Waals surface area contributed by atoms with Gasteiger partial charge in [0.05, 0.1) is 11.8 Å². The Kier molecular flexibility index (Phi) is 5.78. The summed E-state index contributed by atoms with van der Waals surface area (Å²) in [5.41, 5.74) is 2.04. The summed E-state index contributed by atoms with van der Waals surface area (Å²) >= 11 is 1.47. The quantitative estimate of drug-likeness (QED) is 0.537. The second kappa shape index (κ2) is 8.85. The van der Waals surface area contributed by atoms with Crippen molar-refractivity contribution < 1.29 is 19.0 Å². The number of fused-ring (bicyclic) bond motifs is 2. The number of rotatable bonds is 6. The van der Waals surface area contributed by atoms with Crippen molar-refractivity contribution in [2.75, 3.05) is 40.0 Å². The molecule has 2 aliphatic heterocycles. The molecule has 6 nitrogen and oxygen atoms in total. The van der Waals surface area contributed by atoms with Crippen molar-refractivity contribution in [1.82, 2.24) is 9.88 Å². The van der Waals surface area contributed by atoms with E-state index < -0.39 is 0 Å². The maximum absolute atomic E-state index is 13.1. The second-order valence-corrected chi connectivity index (χ2v) is 9.06. The van der Waals surface area contributed by atoms with Gasteiger partial charge in [0.2, 0.25) is 0 Å². The lowest BCUT2D eigenvalue weighted by Crippen LogP contribution is -2.37. The van der Waals surface area contributed by atoms with E-state index in [2.05, 4.69) is 22.0 Å². The molecule has 2 aliphatic rings. The highest BCUT2D eigenvalue weighted by atomic mass is 32.1. The molecule has 31 heavy (non-hydrogen) atoms. The number of likely N-dealkylation sites (tertiary alicyclic amines) is 1. The zero-order valence-corrected chi connectivity index (χ0v) is 18.5. The van der Waals surface area contributed by atoms with E-state index in [4.69, 9.17) is 14.2 Å². The lowest BCUT2D eigenvalue weighted by molar-refractivity contribution is 0.0841. The number of carbonyl (C=O) groups excluding carboxylic acids is 1. The van der Waals surface area contributed by atoms with Gasteiger partial charge in [0.1, 0.15) is 24.5 Å². The van der Waals surface area contributed by atoms with Gasteiger partial charge in [-0.2, -0.15) is 0 Å². The molecule has 1 fully saturated rings. The first kappa shape index (κ1) is 20.3. The van der Waals surface area contributed by atoms with E-state index >= 15 is 0 Å². The largest absolute Gasteiger partial charge is 0.494 e. The van der Waals surface area contributed by atoms with Crippen molar-refractivity contribution in [2.45, 2.75) is 19.3 Å². The number of thiazole rings is 1. The van der Waals surface area contributed by atoms with Gasteiger partial charge in [-0.05, 0) is 62.2 Å². The van der Waals surface area contributed by atoms with Crippen LogP contribution in [-0.2, 0) is 6.42 Å². The lowest BCUT2D eigenvalue weighted by Gasteiger charge is -2.31. The van der Waals surface area contributed by atoms with Gasteiger partial charge in [-0.25, -0.2) is 4.98 Å². The molecule has 2 aromatic carbocycles. The molecule has 0 bridgehead atoms. The maximum Gasteiger partial charge on any atom is 0.194 e. The van der Waals surface area contributed by atoms with Gasteiger partial charge >= 0.3 is 0 Å². The van der Waals surface area contributed by atoms with Gasteiger partial charge in [-0.1, -0.05) is 12.1 Å². The first-order valence-corrected chi connectivity index (χ1v) is 11.6. The summed E-state index contributed by atoms with van der Waals surface area (Å²) in [6, 6.07) is 12.0. The van der Waals surface area contributed by atoms with Crippen LogP contribution in [0.2, 0.25) is 0 Å². The Hall–Kier alpha value is -2.64. The Morgan fingerprint density at radius 2 is 1.97 bits per heavy atom. The number of benzene rings is 2. The van der Waals surface area contributed by atoms with Crippen LogP contribution in [0, 0.1) is 5.92 Å². The Labute approximate surface area is 185 Å².